The summed E-state index contributed by atoms with van der Waals surface area (Å²) in [5.74, 6) is 0.819. The number of nitrogens with two attached hydrogens (primary N) is 1. The van der Waals surface area contributed by atoms with E-state index in [2.05, 4.69) is 5.32 Å². The van der Waals surface area contributed by atoms with Crippen LogP contribution in [0.1, 0.15) is 5.56 Å². The van der Waals surface area contributed by atoms with Gasteiger partial charge in [-0.25, -0.2) is 0 Å². The van der Waals surface area contributed by atoms with Crippen molar-refractivity contribution in [1.82, 2.24) is 0 Å². The SMILES string of the molecule is COc1cccc2c1NC(C(O)CN)C2. The normalized spacial score (nSPS) is 20.6. The highest BCUT2D eigenvalue weighted by atomic mass is 16.5. The summed E-state index contributed by atoms with van der Waals surface area (Å²) in [7, 11) is 1.64. The predicted molar refractivity (Wildman–Crippen MR) is 59.2 cm³/mol. The van der Waals surface area contributed by atoms with Gasteiger partial charge in [-0.3, -0.25) is 0 Å². The number of para-hydroxylation sites is 1. The van der Waals surface area contributed by atoms with Crippen molar-refractivity contribution in [2.75, 3.05) is 19.0 Å². The van der Waals surface area contributed by atoms with Gasteiger partial charge in [0.25, 0.3) is 0 Å². The molecular formula is C11H16N2O2. The first-order chi connectivity index (χ1) is 7.26. The maximum absolute atomic E-state index is 9.67. The van der Waals surface area contributed by atoms with E-state index in [1.165, 1.54) is 5.56 Å². The zero-order chi connectivity index (χ0) is 10.8. The lowest BCUT2D eigenvalue weighted by Crippen LogP contribution is -2.37. The highest BCUT2D eigenvalue weighted by Crippen LogP contribution is 2.35. The van der Waals surface area contributed by atoms with E-state index in [-0.39, 0.29) is 12.6 Å². The summed E-state index contributed by atoms with van der Waals surface area (Å²) in [4.78, 5) is 0. The summed E-state index contributed by atoms with van der Waals surface area (Å²) < 4.78 is 5.24. The molecule has 0 radical (unpaired) electrons. The Hall–Kier alpha value is -1.26. The number of aliphatic hydroxyl groups is 1. The number of anilines is 1. The number of hydrogen-bond acceptors (Lipinski definition) is 4. The molecular weight excluding hydrogens is 192 g/mol. The zero-order valence-electron chi connectivity index (χ0n) is 8.73. The van der Waals surface area contributed by atoms with Gasteiger partial charge in [0.05, 0.1) is 24.9 Å². The highest BCUT2D eigenvalue weighted by Gasteiger charge is 2.27. The van der Waals surface area contributed by atoms with Crippen LogP contribution in [0.15, 0.2) is 18.2 Å². The van der Waals surface area contributed by atoms with Crippen molar-refractivity contribution in [3.05, 3.63) is 23.8 Å². The van der Waals surface area contributed by atoms with Crippen molar-refractivity contribution >= 4 is 5.69 Å². The van der Waals surface area contributed by atoms with Crippen LogP contribution in [0, 0.1) is 0 Å². The number of methoxy groups -OCH3 is 1. The number of fused-ring (bicyclic) bond motifs is 1. The molecule has 4 heteroatoms. The van der Waals surface area contributed by atoms with E-state index in [4.69, 9.17) is 10.5 Å². The fourth-order valence-corrected chi connectivity index (χ4v) is 1.95. The van der Waals surface area contributed by atoms with Crippen molar-refractivity contribution in [3.63, 3.8) is 0 Å². The van der Waals surface area contributed by atoms with E-state index in [0.29, 0.717) is 0 Å². The smallest absolute Gasteiger partial charge is 0.142 e. The van der Waals surface area contributed by atoms with E-state index in [1.807, 2.05) is 18.2 Å². The number of rotatable bonds is 3. The highest BCUT2D eigenvalue weighted by molar-refractivity contribution is 5.66. The van der Waals surface area contributed by atoms with Gasteiger partial charge >= 0.3 is 0 Å². The molecule has 0 spiro atoms. The lowest BCUT2D eigenvalue weighted by molar-refractivity contribution is 0.162. The summed E-state index contributed by atoms with van der Waals surface area (Å²) >= 11 is 0. The van der Waals surface area contributed by atoms with Crippen molar-refractivity contribution < 1.29 is 9.84 Å². The van der Waals surface area contributed by atoms with Gasteiger partial charge in [-0.15, -0.1) is 0 Å². The molecule has 0 aromatic heterocycles. The van der Waals surface area contributed by atoms with Crippen LogP contribution in [-0.4, -0.2) is 30.9 Å². The van der Waals surface area contributed by atoms with E-state index in [0.717, 1.165) is 17.9 Å². The maximum atomic E-state index is 9.67. The molecule has 4 N–H and O–H groups in total. The number of ether oxygens (including phenoxy) is 1. The van der Waals surface area contributed by atoms with Gasteiger partial charge in [0, 0.05) is 6.54 Å². The molecule has 1 aliphatic rings. The molecule has 1 aliphatic heterocycles. The minimum absolute atomic E-state index is 0.00120. The molecule has 0 amide bonds. The Kier molecular flexibility index (Phi) is 2.79. The molecule has 15 heavy (non-hydrogen) atoms. The molecule has 0 saturated carbocycles. The van der Waals surface area contributed by atoms with Gasteiger partial charge in [0.15, 0.2) is 0 Å². The number of nitrogens with one attached hydrogen (secondary N) is 1. The second kappa shape index (κ2) is 4.08. The Labute approximate surface area is 89.0 Å². The molecule has 1 aromatic rings. The third-order valence-corrected chi connectivity index (χ3v) is 2.81. The Morgan fingerprint density at radius 2 is 2.47 bits per heavy atom. The summed E-state index contributed by atoms with van der Waals surface area (Å²) in [6.45, 7) is 0.272. The average molecular weight is 208 g/mol. The number of hydrogen-bond donors (Lipinski definition) is 3. The van der Waals surface area contributed by atoms with Crippen molar-refractivity contribution in [3.8, 4) is 5.75 Å². The molecule has 4 nitrogen and oxygen atoms in total. The third-order valence-electron chi connectivity index (χ3n) is 2.81. The zero-order valence-corrected chi connectivity index (χ0v) is 8.73. The third kappa shape index (κ3) is 1.78. The molecule has 2 atom stereocenters. The standard InChI is InChI=1S/C11H16N2O2/c1-15-10-4-2-3-7-5-8(9(14)6-12)13-11(7)10/h2-4,8-9,13-14H,5-6,12H2,1H3. The first kappa shape index (κ1) is 10.3. The predicted octanol–water partition coefficient (Wildman–Crippen LogP) is 0.351. The monoisotopic (exact) mass is 208 g/mol. The van der Waals surface area contributed by atoms with Crippen molar-refractivity contribution in [2.24, 2.45) is 5.73 Å². The molecule has 2 unspecified atom stereocenters. The molecule has 1 heterocycles. The summed E-state index contributed by atoms with van der Waals surface area (Å²) in [5.41, 5.74) is 7.59. The first-order valence-electron chi connectivity index (χ1n) is 5.06. The number of benzene rings is 1. The van der Waals surface area contributed by atoms with Crippen LogP contribution < -0.4 is 15.8 Å². The van der Waals surface area contributed by atoms with E-state index in [9.17, 15) is 5.11 Å². The molecule has 0 aliphatic carbocycles. The van der Waals surface area contributed by atoms with Gasteiger partial charge in [-0.05, 0) is 18.1 Å². The van der Waals surface area contributed by atoms with Crippen LogP contribution in [0.3, 0.4) is 0 Å². The Bertz CT molecular complexity index is 354. The maximum Gasteiger partial charge on any atom is 0.142 e. The van der Waals surface area contributed by atoms with Crippen LogP contribution in [-0.2, 0) is 6.42 Å². The molecule has 1 aromatic carbocycles. The van der Waals surface area contributed by atoms with Gasteiger partial charge in [0.1, 0.15) is 5.75 Å². The molecule has 2 rings (SSSR count). The fraction of sp³-hybridized carbons (Fsp3) is 0.455. The van der Waals surface area contributed by atoms with Crippen molar-refractivity contribution in [1.29, 1.82) is 0 Å². The molecule has 82 valence electrons. The van der Waals surface area contributed by atoms with Gasteiger partial charge in [-0.1, -0.05) is 12.1 Å². The Morgan fingerprint density at radius 1 is 1.67 bits per heavy atom. The lowest BCUT2D eigenvalue weighted by atomic mass is 10.1. The van der Waals surface area contributed by atoms with Gasteiger partial charge < -0.3 is 20.9 Å². The average Bonchev–Trinajstić information content (AvgIpc) is 2.71. The van der Waals surface area contributed by atoms with Crippen LogP contribution in [0.4, 0.5) is 5.69 Å². The molecule has 0 fully saturated rings. The quantitative estimate of drug-likeness (QED) is 0.670. The number of aliphatic hydroxyl groups excluding tert-OH is 1. The summed E-state index contributed by atoms with van der Waals surface area (Å²) in [6.07, 6.45) is 0.285. The minimum Gasteiger partial charge on any atom is -0.495 e. The Morgan fingerprint density at radius 3 is 3.13 bits per heavy atom. The van der Waals surface area contributed by atoms with Crippen LogP contribution >= 0.6 is 0 Å². The van der Waals surface area contributed by atoms with Crippen molar-refractivity contribution in [2.45, 2.75) is 18.6 Å². The second-order valence-electron chi connectivity index (χ2n) is 3.75. The molecule has 0 saturated heterocycles. The van der Waals surface area contributed by atoms with E-state index < -0.39 is 6.10 Å². The van der Waals surface area contributed by atoms with Crippen LogP contribution in [0.5, 0.6) is 5.75 Å². The fourth-order valence-electron chi connectivity index (χ4n) is 1.95. The van der Waals surface area contributed by atoms with Crippen LogP contribution in [0.25, 0.3) is 0 Å². The van der Waals surface area contributed by atoms with Gasteiger partial charge in [0.2, 0.25) is 0 Å². The Balaban J connectivity index is 2.23. The molecule has 0 bridgehead atoms. The summed E-state index contributed by atoms with van der Waals surface area (Å²) in [5, 5.41) is 12.9. The lowest BCUT2D eigenvalue weighted by Gasteiger charge is -2.17. The second-order valence-corrected chi connectivity index (χ2v) is 3.75. The van der Waals surface area contributed by atoms with Crippen LogP contribution in [0.2, 0.25) is 0 Å². The first-order valence-corrected chi connectivity index (χ1v) is 5.06. The summed E-state index contributed by atoms with van der Waals surface area (Å²) in [6, 6.07) is 5.90. The van der Waals surface area contributed by atoms with Gasteiger partial charge in [-0.2, -0.15) is 0 Å². The van der Waals surface area contributed by atoms with E-state index in [1.54, 1.807) is 7.11 Å². The topological polar surface area (TPSA) is 67.5 Å². The minimum atomic E-state index is -0.512. The largest absolute Gasteiger partial charge is 0.495 e. The van der Waals surface area contributed by atoms with E-state index >= 15 is 0 Å².